The Bertz CT molecular complexity index is 470. The van der Waals surface area contributed by atoms with Crippen molar-refractivity contribution in [3.63, 3.8) is 0 Å². The molecule has 0 saturated carbocycles. The van der Waals surface area contributed by atoms with Gasteiger partial charge in [0.2, 0.25) is 0 Å². The van der Waals surface area contributed by atoms with Crippen LogP contribution in [-0.2, 0) is 11.3 Å². The lowest BCUT2D eigenvalue weighted by molar-refractivity contribution is -0.138. The van der Waals surface area contributed by atoms with Crippen LogP contribution in [0.4, 0.5) is 0 Å². The van der Waals surface area contributed by atoms with E-state index in [9.17, 15) is 4.79 Å². The molecule has 0 amide bonds. The average Bonchev–Trinajstić information content (AvgIpc) is 2.37. The zero-order valence-corrected chi connectivity index (χ0v) is 13.2. The first-order valence-electron chi connectivity index (χ1n) is 7.05. The normalized spacial score (nSPS) is 20.6. The van der Waals surface area contributed by atoms with E-state index in [0.717, 1.165) is 25.2 Å². The highest BCUT2D eigenvalue weighted by Gasteiger charge is 2.26. The van der Waals surface area contributed by atoms with Gasteiger partial charge < -0.3 is 5.11 Å². The molecule has 1 aliphatic heterocycles. The van der Waals surface area contributed by atoms with E-state index in [0.29, 0.717) is 4.75 Å². The van der Waals surface area contributed by atoms with Crippen molar-refractivity contribution in [1.82, 2.24) is 4.90 Å². The van der Waals surface area contributed by atoms with Gasteiger partial charge in [0.05, 0.1) is 5.92 Å². The molecular weight excluding hydrogens is 270 g/mol. The number of hydrogen-bond acceptors (Lipinski definition) is 3. The first-order valence-corrected chi connectivity index (χ1v) is 8.04. The molecule has 1 N–H and O–H groups in total. The van der Waals surface area contributed by atoms with Crippen LogP contribution in [0.2, 0.25) is 0 Å². The standard InChI is InChI=1S/C16H23NO2S/c1-12(15(18)19)14-6-4-13(5-7-14)10-17-8-9-20-16(2,3)11-17/h4-7,12H,8-11H2,1-3H3,(H,18,19). The molecule has 1 fully saturated rings. The fourth-order valence-corrected chi connectivity index (χ4v) is 3.74. The molecule has 20 heavy (non-hydrogen) atoms. The Morgan fingerprint density at radius 2 is 2.05 bits per heavy atom. The summed E-state index contributed by atoms with van der Waals surface area (Å²) < 4.78 is 0.329. The van der Waals surface area contributed by atoms with Crippen molar-refractivity contribution in [1.29, 1.82) is 0 Å². The van der Waals surface area contributed by atoms with E-state index in [2.05, 4.69) is 30.9 Å². The van der Waals surface area contributed by atoms with Gasteiger partial charge in [-0.1, -0.05) is 24.3 Å². The highest BCUT2D eigenvalue weighted by atomic mass is 32.2. The van der Waals surface area contributed by atoms with Crippen molar-refractivity contribution in [3.05, 3.63) is 35.4 Å². The van der Waals surface area contributed by atoms with E-state index >= 15 is 0 Å². The maximum Gasteiger partial charge on any atom is 0.310 e. The summed E-state index contributed by atoms with van der Waals surface area (Å²) in [4.78, 5) is 13.4. The van der Waals surface area contributed by atoms with E-state index in [-0.39, 0.29) is 0 Å². The molecule has 1 aliphatic rings. The molecule has 1 atom stereocenters. The highest BCUT2D eigenvalue weighted by Crippen LogP contribution is 2.30. The molecule has 0 bridgehead atoms. The lowest BCUT2D eigenvalue weighted by Crippen LogP contribution is -2.42. The minimum atomic E-state index is -0.771. The van der Waals surface area contributed by atoms with Gasteiger partial charge in [0.15, 0.2) is 0 Å². The van der Waals surface area contributed by atoms with Gasteiger partial charge in [0, 0.05) is 30.1 Å². The number of carbonyl (C=O) groups is 1. The number of benzene rings is 1. The topological polar surface area (TPSA) is 40.5 Å². The van der Waals surface area contributed by atoms with Gasteiger partial charge in [-0.3, -0.25) is 9.69 Å². The number of thioether (sulfide) groups is 1. The number of rotatable bonds is 4. The van der Waals surface area contributed by atoms with Crippen molar-refractivity contribution < 1.29 is 9.90 Å². The van der Waals surface area contributed by atoms with E-state index in [1.54, 1.807) is 6.92 Å². The van der Waals surface area contributed by atoms with Crippen LogP contribution >= 0.6 is 11.8 Å². The van der Waals surface area contributed by atoms with Gasteiger partial charge in [-0.25, -0.2) is 0 Å². The summed E-state index contributed by atoms with van der Waals surface area (Å²) in [6.45, 7) is 9.49. The molecule has 0 aromatic heterocycles. The lowest BCUT2D eigenvalue weighted by atomic mass is 10.00. The van der Waals surface area contributed by atoms with Gasteiger partial charge in [-0.15, -0.1) is 0 Å². The number of carboxylic acids is 1. The maximum absolute atomic E-state index is 11.0. The molecule has 1 unspecified atom stereocenters. The van der Waals surface area contributed by atoms with E-state index in [4.69, 9.17) is 5.11 Å². The summed E-state index contributed by atoms with van der Waals surface area (Å²) in [5.74, 6) is -0.0249. The number of aliphatic carboxylic acids is 1. The second-order valence-corrected chi connectivity index (χ2v) is 7.92. The summed E-state index contributed by atoms with van der Waals surface area (Å²) >= 11 is 2.04. The van der Waals surface area contributed by atoms with Gasteiger partial charge in [0.1, 0.15) is 0 Å². The van der Waals surface area contributed by atoms with E-state index in [1.807, 2.05) is 23.9 Å². The van der Waals surface area contributed by atoms with Crippen LogP contribution in [0.1, 0.15) is 37.8 Å². The molecule has 0 radical (unpaired) electrons. The summed E-state index contributed by atoms with van der Waals surface area (Å²) in [5.41, 5.74) is 2.13. The molecule has 1 aromatic carbocycles. The fraction of sp³-hybridized carbons (Fsp3) is 0.562. The summed E-state index contributed by atoms with van der Waals surface area (Å²) in [6.07, 6.45) is 0. The van der Waals surface area contributed by atoms with E-state index < -0.39 is 11.9 Å². The monoisotopic (exact) mass is 293 g/mol. The van der Waals surface area contributed by atoms with Crippen LogP contribution < -0.4 is 0 Å². The van der Waals surface area contributed by atoms with Crippen molar-refractivity contribution in [2.24, 2.45) is 0 Å². The predicted octanol–water partition coefficient (Wildman–Crippen LogP) is 3.20. The highest BCUT2D eigenvalue weighted by molar-refractivity contribution is 8.00. The molecule has 2 rings (SSSR count). The van der Waals surface area contributed by atoms with Crippen LogP contribution in [0.25, 0.3) is 0 Å². The first-order chi connectivity index (χ1) is 9.37. The van der Waals surface area contributed by atoms with Gasteiger partial charge in [0.25, 0.3) is 0 Å². The predicted molar refractivity (Wildman–Crippen MR) is 84.3 cm³/mol. The van der Waals surface area contributed by atoms with Gasteiger partial charge in [-0.2, -0.15) is 11.8 Å². The van der Waals surface area contributed by atoms with Crippen LogP contribution in [-0.4, -0.2) is 39.6 Å². The molecule has 4 heteroatoms. The zero-order chi connectivity index (χ0) is 14.8. The minimum Gasteiger partial charge on any atom is -0.481 e. The Hall–Kier alpha value is -1.00. The Balaban J connectivity index is 1.99. The second kappa shape index (κ2) is 6.19. The molecule has 1 saturated heterocycles. The lowest BCUT2D eigenvalue weighted by Gasteiger charge is -2.37. The van der Waals surface area contributed by atoms with Crippen molar-refractivity contribution in [2.45, 2.75) is 38.0 Å². The molecule has 110 valence electrons. The van der Waals surface area contributed by atoms with Crippen LogP contribution in [0.15, 0.2) is 24.3 Å². The third-order valence-electron chi connectivity index (χ3n) is 3.76. The van der Waals surface area contributed by atoms with Crippen molar-refractivity contribution in [2.75, 3.05) is 18.8 Å². The fourth-order valence-electron chi connectivity index (χ4n) is 2.56. The number of carboxylic acid groups (broad SMARTS) is 1. The van der Waals surface area contributed by atoms with E-state index in [1.165, 1.54) is 11.3 Å². The average molecular weight is 293 g/mol. The smallest absolute Gasteiger partial charge is 0.310 e. The largest absolute Gasteiger partial charge is 0.481 e. The van der Waals surface area contributed by atoms with Gasteiger partial charge in [-0.05, 0) is 31.9 Å². The second-order valence-electron chi connectivity index (χ2n) is 6.12. The van der Waals surface area contributed by atoms with Crippen LogP contribution in [0.3, 0.4) is 0 Å². The van der Waals surface area contributed by atoms with Gasteiger partial charge >= 0.3 is 5.97 Å². The number of hydrogen-bond donors (Lipinski definition) is 1. The maximum atomic E-state index is 11.0. The first kappa shape index (κ1) is 15.4. The molecule has 1 heterocycles. The molecule has 3 nitrogen and oxygen atoms in total. The quantitative estimate of drug-likeness (QED) is 0.925. The summed E-state index contributed by atoms with van der Waals surface area (Å²) in [6, 6.07) is 8.00. The van der Waals surface area contributed by atoms with Crippen molar-refractivity contribution >= 4 is 17.7 Å². The summed E-state index contributed by atoms with van der Waals surface area (Å²) in [5, 5.41) is 9.01. The molecule has 1 aromatic rings. The minimum absolute atomic E-state index is 0.329. The SMILES string of the molecule is CC(C(=O)O)c1ccc(CN2CCSC(C)(C)C2)cc1. The molecule has 0 spiro atoms. The third-order valence-corrected chi connectivity index (χ3v) is 5.06. The molecule has 0 aliphatic carbocycles. The Labute approximate surface area is 125 Å². The zero-order valence-electron chi connectivity index (χ0n) is 12.4. The molecular formula is C16H23NO2S. The Morgan fingerprint density at radius 1 is 1.40 bits per heavy atom. The summed E-state index contributed by atoms with van der Waals surface area (Å²) in [7, 11) is 0. The van der Waals surface area contributed by atoms with Crippen LogP contribution in [0.5, 0.6) is 0 Å². The third kappa shape index (κ3) is 4.00. The Kier molecular flexibility index (Phi) is 4.76. The Morgan fingerprint density at radius 3 is 2.60 bits per heavy atom. The van der Waals surface area contributed by atoms with Crippen molar-refractivity contribution in [3.8, 4) is 0 Å². The number of nitrogens with zero attached hydrogens (tertiary/aromatic N) is 1. The van der Waals surface area contributed by atoms with Crippen LogP contribution in [0, 0.1) is 0 Å².